The first kappa shape index (κ1) is 18.2. The summed E-state index contributed by atoms with van der Waals surface area (Å²) in [6, 6.07) is 9.32. The van der Waals surface area contributed by atoms with Crippen LogP contribution in [0.3, 0.4) is 0 Å². The van der Waals surface area contributed by atoms with E-state index in [0.717, 1.165) is 16.2 Å². The molecule has 1 aromatic carbocycles. The maximum absolute atomic E-state index is 12.7. The van der Waals surface area contributed by atoms with Gasteiger partial charge in [0.25, 0.3) is 5.56 Å². The van der Waals surface area contributed by atoms with Crippen LogP contribution >= 0.6 is 11.3 Å². The summed E-state index contributed by atoms with van der Waals surface area (Å²) in [6.45, 7) is -0.0884. The molecule has 28 heavy (non-hydrogen) atoms. The van der Waals surface area contributed by atoms with Crippen LogP contribution in [0, 0.1) is 0 Å². The molecule has 4 rings (SSSR count). The van der Waals surface area contributed by atoms with E-state index < -0.39 is 18.0 Å². The Balaban J connectivity index is 1.57. The Morgan fingerprint density at radius 3 is 2.79 bits per heavy atom. The fraction of sp³-hybridized carbons (Fsp3) is 0.263. The van der Waals surface area contributed by atoms with Gasteiger partial charge in [-0.25, -0.2) is 9.78 Å². The molecular weight excluding hydrogens is 384 g/mol. The molecule has 9 heteroatoms. The second-order valence-electron chi connectivity index (χ2n) is 6.17. The third-order valence-electron chi connectivity index (χ3n) is 4.34. The van der Waals surface area contributed by atoms with Gasteiger partial charge in [0.05, 0.1) is 25.6 Å². The molecule has 1 fully saturated rings. The standard InChI is InChI=1S/C19H16N2O6S/c1-25-12-4-2-11(3-5-12)15-8-13-17(28-15)18(23)21(10-20-13)9-16(22)27-14-6-7-26-19(14)24/h2-5,8,10,14H,6-7,9H2,1H3/t14-/m1/s1. The highest BCUT2D eigenvalue weighted by molar-refractivity contribution is 7.22. The lowest BCUT2D eigenvalue weighted by molar-refractivity contribution is -0.160. The predicted molar refractivity (Wildman–Crippen MR) is 101 cm³/mol. The fourth-order valence-corrected chi connectivity index (χ4v) is 3.94. The summed E-state index contributed by atoms with van der Waals surface area (Å²) in [5, 5.41) is 0. The second kappa shape index (κ2) is 7.43. The Morgan fingerprint density at radius 1 is 1.32 bits per heavy atom. The second-order valence-corrected chi connectivity index (χ2v) is 7.22. The Morgan fingerprint density at radius 2 is 2.11 bits per heavy atom. The van der Waals surface area contributed by atoms with E-state index in [1.807, 2.05) is 30.3 Å². The molecule has 8 nitrogen and oxygen atoms in total. The van der Waals surface area contributed by atoms with Crippen LogP contribution < -0.4 is 10.3 Å². The van der Waals surface area contributed by atoms with E-state index in [0.29, 0.717) is 16.6 Å². The number of cyclic esters (lactones) is 1. The molecule has 1 saturated heterocycles. The van der Waals surface area contributed by atoms with Crippen molar-refractivity contribution < 1.29 is 23.8 Å². The number of rotatable bonds is 5. The molecule has 1 atom stereocenters. The summed E-state index contributed by atoms with van der Waals surface area (Å²) in [6.07, 6.45) is 0.736. The predicted octanol–water partition coefficient (Wildman–Crippen LogP) is 1.99. The van der Waals surface area contributed by atoms with E-state index in [1.54, 1.807) is 7.11 Å². The minimum absolute atomic E-state index is 0.230. The van der Waals surface area contributed by atoms with Crippen molar-refractivity contribution in [2.24, 2.45) is 0 Å². The number of hydrogen-bond acceptors (Lipinski definition) is 8. The van der Waals surface area contributed by atoms with E-state index in [-0.39, 0.29) is 18.7 Å². The van der Waals surface area contributed by atoms with Crippen molar-refractivity contribution in [2.45, 2.75) is 19.1 Å². The molecule has 1 aliphatic heterocycles. The van der Waals surface area contributed by atoms with E-state index >= 15 is 0 Å². The lowest BCUT2D eigenvalue weighted by atomic mass is 10.2. The summed E-state index contributed by atoms with van der Waals surface area (Å²) in [5.74, 6) is -0.495. The number of methoxy groups -OCH3 is 1. The minimum atomic E-state index is -0.900. The zero-order chi connectivity index (χ0) is 19.7. The maximum atomic E-state index is 12.7. The number of carbonyl (C=O) groups excluding carboxylic acids is 2. The van der Waals surface area contributed by atoms with Crippen LogP contribution in [0.25, 0.3) is 20.7 Å². The van der Waals surface area contributed by atoms with Crippen molar-refractivity contribution in [3.05, 3.63) is 47.0 Å². The van der Waals surface area contributed by atoms with Gasteiger partial charge in [0.2, 0.25) is 6.10 Å². The summed E-state index contributed by atoms with van der Waals surface area (Å²) in [7, 11) is 1.60. The third kappa shape index (κ3) is 3.48. The Kier molecular flexibility index (Phi) is 4.82. The van der Waals surface area contributed by atoms with Crippen LogP contribution in [0.5, 0.6) is 5.75 Å². The van der Waals surface area contributed by atoms with Gasteiger partial charge in [-0.2, -0.15) is 0 Å². The van der Waals surface area contributed by atoms with Crippen LogP contribution in [0.2, 0.25) is 0 Å². The highest BCUT2D eigenvalue weighted by atomic mass is 32.1. The van der Waals surface area contributed by atoms with E-state index in [1.165, 1.54) is 22.2 Å². The smallest absolute Gasteiger partial charge is 0.347 e. The van der Waals surface area contributed by atoms with Crippen molar-refractivity contribution in [3.63, 3.8) is 0 Å². The number of ether oxygens (including phenoxy) is 3. The Bertz CT molecular complexity index is 1100. The van der Waals surface area contributed by atoms with E-state index in [2.05, 4.69) is 4.98 Å². The molecule has 0 amide bonds. The first-order chi connectivity index (χ1) is 13.5. The van der Waals surface area contributed by atoms with Gasteiger partial charge in [-0.3, -0.25) is 14.2 Å². The SMILES string of the molecule is COc1ccc(-c2cc3ncn(CC(=O)O[C@@H]4CCOC4=O)c(=O)c3s2)cc1. The van der Waals surface area contributed by atoms with Crippen LogP contribution in [-0.4, -0.2) is 41.3 Å². The third-order valence-corrected chi connectivity index (χ3v) is 5.50. The van der Waals surface area contributed by atoms with Crippen molar-refractivity contribution in [1.82, 2.24) is 9.55 Å². The monoisotopic (exact) mass is 400 g/mol. The van der Waals surface area contributed by atoms with Gasteiger partial charge in [-0.15, -0.1) is 11.3 Å². The van der Waals surface area contributed by atoms with Crippen molar-refractivity contribution in [2.75, 3.05) is 13.7 Å². The molecule has 0 radical (unpaired) electrons. The van der Waals surface area contributed by atoms with Crippen LogP contribution in [0.1, 0.15) is 6.42 Å². The molecule has 144 valence electrons. The van der Waals surface area contributed by atoms with Gasteiger partial charge in [-0.1, -0.05) is 0 Å². The molecule has 3 heterocycles. The highest BCUT2D eigenvalue weighted by Gasteiger charge is 2.30. The number of benzene rings is 1. The molecule has 3 aromatic rings. The molecule has 0 aliphatic carbocycles. The van der Waals surface area contributed by atoms with E-state index in [4.69, 9.17) is 14.2 Å². The average Bonchev–Trinajstić information content (AvgIpc) is 3.31. The number of carbonyl (C=O) groups is 2. The van der Waals surface area contributed by atoms with Gasteiger partial charge < -0.3 is 14.2 Å². The van der Waals surface area contributed by atoms with Crippen LogP contribution in [-0.2, 0) is 25.6 Å². The number of fused-ring (bicyclic) bond motifs is 1. The summed E-state index contributed by atoms with van der Waals surface area (Å²) in [5.41, 5.74) is 1.17. The molecule has 0 bridgehead atoms. The molecule has 2 aromatic heterocycles. The lowest BCUT2D eigenvalue weighted by Gasteiger charge is -2.09. The van der Waals surface area contributed by atoms with Crippen molar-refractivity contribution >= 4 is 33.5 Å². The first-order valence-corrected chi connectivity index (χ1v) is 9.36. The number of hydrogen-bond donors (Lipinski definition) is 0. The molecule has 1 aliphatic rings. The average molecular weight is 400 g/mol. The van der Waals surface area contributed by atoms with Crippen LogP contribution in [0.4, 0.5) is 0 Å². The van der Waals surface area contributed by atoms with Gasteiger partial charge in [0, 0.05) is 11.3 Å². The highest BCUT2D eigenvalue weighted by Crippen LogP contribution is 2.31. The maximum Gasteiger partial charge on any atom is 0.347 e. The molecule has 0 unspecified atom stereocenters. The van der Waals surface area contributed by atoms with Crippen molar-refractivity contribution in [3.8, 4) is 16.2 Å². The number of thiophene rings is 1. The first-order valence-electron chi connectivity index (χ1n) is 8.54. The Labute approximate surface area is 163 Å². The molecule has 0 N–H and O–H groups in total. The molecule has 0 spiro atoms. The van der Waals surface area contributed by atoms with E-state index in [9.17, 15) is 14.4 Å². The van der Waals surface area contributed by atoms with Crippen molar-refractivity contribution in [1.29, 1.82) is 0 Å². The topological polar surface area (TPSA) is 96.7 Å². The minimum Gasteiger partial charge on any atom is -0.497 e. The lowest BCUT2D eigenvalue weighted by Crippen LogP contribution is -2.29. The number of nitrogens with zero attached hydrogens (tertiary/aromatic N) is 2. The quantitative estimate of drug-likeness (QED) is 0.604. The Hall–Kier alpha value is -3.20. The zero-order valence-electron chi connectivity index (χ0n) is 14.9. The van der Waals surface area contributed by atoms with Gasteiger partial charge in [0.1, 0.15) is 17.0 Å². The fourth-order valence-electron chi connectivity index (χ4n) is 2.87. The molecule has 0 saturated carbocycles. The summed E-state index contributed by atoms with van der Waals surface area (Å²) < 4.78 is 16.6. The normalized spacial score (nSPS) is 16.2. The zero-order valence-corrected chi connectivity index (χ0v) is 15.7. The van der Waals surface area contributed by atoms with Crippen LogP contribution in [0.15, 0.2) is 41.5 Å². The van der Waals surface area contributed by atoms with Gasteiger partial charge >= 0.3 is 11.9 Å². The van der Waals surface area contributed by atoms with Gasteiger partial charge in [0.15, 0.2) is 0 Å². The number of esters is 2. The van der Waals surface area contributed by atoms with Gasteiger partial charge in [-0.05, 0) is 35.9 Å². The number of aromatic nitrogens is 2. The summed E-state index contributed by atoms with van der Waals surface area (Å²) in [4.78, 5) is 41.3. The summed E-state index contributed by atoms with van der Waals surface area (Å²) >= 11 is 1.30. The largest absolute Gasteiger partial charge is 0.497 e. The molecular formula is C19H16N2O6S.